The van der Waals surface area contributed by atoms with Crippen molar-refractivity contribution < 1.29 is 90.4 Å². The number of hydrogen-bond donors (Lipinski definition) is 10. The van der Waals surface area contributed by atoms with Gasteiger partial charge in [-0.1, -0.05) is 44.7 Å². The number of nitrogens with one attached hydrogen (secondary N) is 2. The first kappa shape index (κ1) is 49.9. The van der Waals surface area contributed by atoms with Crippen LogP contribution in [0.15, 0.2) is 30.9 Å². The lowest BCUT2D eigenvalue weighted by Crippen LogP contribution is -2.46. The van der Waals surface area contributed by atoms with E-state index in [1.165, 1.54) is 19.9 Å². The third-order valence-corrected chi connectivity index (χ3v) is 12.7. The summed E-state index contributed by atoms with van der Waals surface area (Å²) in [6, 6.07) is 4.61. The quantitative estimate of drug-likeness (QED) is 0.0476. The van der Waals surface area contributed by atoms with Crippen LogP contribution in [0.2, 0.25) is 0 Å². The van der Waals surface area contributed by atoms with Crippen LogP contribution in [0.4, 0.5) is 5.82 Å². The molecule has 2 aromatic heterocycles. The first-order valence-electron chi connectivity index (χ1n) is 17.8. The van der Waals surface area contributed by atoms with Gasteiger partial charge in [0.2, 0.25) is 16.9 Å². The highest BCUT2D eigenvalue weighted by Gasteiger charge is 2.50. The predicted octanol–water partition coefficient (Wildman–Crippen LogP) is 0.239. The third-order valence-electron chi connectivity index (χ3n) is 8.70. The van der Waals surface area contributed by atoms with Crippen LogP contribution in [0.3, 0.4) is 0 Å². The maximum atomic E-state index is 12.7. The Morgan fingerprint density at radius 3 is 2.38 bits per heavy atom. The summed E-state index contributed by atoms with van der Waals surface area (Å²) in [6.07, 6.45) is -6.74. The van der Waals surface area contributed by atoms with Crippen molar-refractivity contribution in [1.82, 2.24) is 30.2 Å². The molecule has 61 heavy (non-hydrogen) atoms. The fourth-order valence-corrected chi connectivity index (χ4v) is 9.21. The van der Waals surface area contributed by atoms with E-state index in [-0.39, 0.29) is 53.4 Å². The number of hydrogen-bond acceptors (Lipinski definition) is 19. The number of anilines is 1. The van der Waals surface area contributed by atoms with Crippen LogP contribution in [-0.2, 0) is 52.3 Å². The number of carbonyl (C=O) groups excluding carboxylic acids is 3. The van der Waals surface area contributed by atoms with Crippen molar-refractivity contribution in [2.24, 2.45) is 5.41 Å². The standard InChI is InChI=1S/C31H44N7O19P3S/c1-4-16-6-5-7-17(20(16)29(43)44)30(45)61-11-10-33-19(39)8-9-34-27(42)24(41)31(2,3)13-54-60(51,52)57-59(49,50)53-12-18-23(56-58(46,47)48)22(40)28(55-18)38-15-37-21-25(32)35-14-36-26(21)38/h5-7,14-15,18,22-24,28,40-41H,4,8-13H2,1-3H3,(H,33,39)(H,34,42)(H,43,44)(H,49,50)(H,51,52)(H2,32,35,36)(H2,46,47,48)/t18-,22-,23-,24?,28-/m1/s1. The molecule has 26 nitrogen and oxygen atoms in total. The minimum atomic E-state index is -5.60. The summed E-state index contributed by atoms with van der Waals surface area (Å²) in [6.45, 7) is 1.89. The van der Waals surface area contributed by atoms with Gasteiger partial charge in [0, 0.05) is 36.2 Å². The number of nitrogens with zero attached hydrogens (tertiary/aromatic N) is 4. The Hall–Kier alpha value is -3.75. The number of rotatable bonds is 22. The number of amides is 2. The molecule has 0 saturated carbocycles. The highest BCUT2D eigenvalue weighted by molar-refractivity contribution is 8.14. The molecular formula is C31H44N7O19P3S. The van der Waals surface area contributed by atoms with Gasteiger partial charge in [0.25, 0.3) is 0 Å². The molecule has 11 N–H and O–H groups in total. The average molecular weight is 944 g/mol. The monoisotopic (exact) mass is 943 g/mol. The van der Waals surface area contributed by atoms with Crippen molar-refractivity contribution in [3.63, 3.8) is 0 Å². The van der Waals surface area contributed by atoms with Gasteiger partial charge in [-0.25, -0.2) is 33.4 Å². The van der Waals surface area contributed by atoms with E-state index in [9.17, 15) is 67.8 Å². The van der Waals surface area contributed by atoms with Crippen molar-refractivity contribution in [1.29, 1.82) is 0 Å². The number of carboxylic acid groups (broad SMARTS) is 1. The van der Waals surface area contributed by atoms with Crippen LogP contribution in [-0.4, -0.2) is 134 Å². The van der Waals surface area contributed by atoms with E-state index < -0.39 is 95.6 Å². The number of benzene rings is 1. The first-order chi connectivity index (χ1) is 28.4. The van der Waals surface area contributed by atoms with Crippen molar-refractivity contribution in [2.45, 2.75) is 64.3 Å². The van der Waals surface area contributed by atoms with Crippen molar-refractivity contribution in [2.75, 3.05) is 37.8 Å². The fourth-order valence-electron chi connectivity index (χ4n) is 5.67. The van der Waals surface area contributed by atoms with E-state index in [4.69, 9.17) is 19.5 Å². The normalized spacial score (nSPS) is 20.7. The summed E-state index contributed by atoms with van der Waals surface area (Å²) in [5, 5.41) is 35.4. The summed E-state index contributed by atoms with van der Waals surface area (Å²) in [5.74, 6) is -2.73. The highest BCUT2D eigenvalue weighted by Crippen LogP contribution is 2.61. The lowest BCUT2D eigenvalue weighted by Gasteiger charge is -2.30. The minimum absolute atomic E-state index is 0.0176. The van der Waals surface area contributed by atoms with Crippen LogP contribution < -0.4 is 16.4 Å². The second kappa shape index (κ2) is 20.6. The second-order valence-electron chi connectivity index (χ2n) is 13.7. The Bertz CT molecular complexity index is 2240. The summed E-state index contributed by atoms with van der Waals surface area (Å²) in [5.41, 5.74) is 4.65. The molecule has 4 rings (SSSR count). The third kappa shape index (κ3) is 13.6. The molecular weight excluding hydrogens is 899 g/mol. The Labute approximate surface area is 350 Å². The maximum Gasteiger partial charge on any atom is 0.481 e. The molecule has 7 atom stereocenters. The number of carboxylic acids is 1. The number of aliphatic hydroxyl groups excluding tert-OH is 2. The van der Waals surface area contributed by atoms with E-state index in [0.29, 0.717) is 12.0 Å². The maximum absolute atomic E-state index is 12.7. The summed E-state index contributed by atoms with van der Waals surface area (Å²) >= 11 is 0.811. The van der Waals surface area contributed by atoms with Crippen LogP contribution in [0.25, 0.3) is 11.2 Å². The number of thioether (sulfide) groups is 1. The molecule has 30 heteroatoms. The summed E-state index contributed by atoms with van der Waals surface area (Å²) in [7, 11) is -16.5. The number of imidazole rings is 1. The number of aromatic carboxylic acids is 1. The fraction of sp³-hybridized carbons (Fsp3) is 0.516. The second-order valence-corrected chi connectivity index (χ2v) is 19.0. The van der Waals surface area contributed by atoms with Crippen LogP contribution >= 0.6 is 35.2 Å². The minimum Gasteiger partial charge on any atom is -0.478 e. The van der Waals surface area contributed by atoms with Gasteiger partial charge >= 0.3 is 29.4 Å². The zero-order valence-corrected chi connectivity index (χ0v) is 35.9. The number of carbonyl (C=O) groups is 4. The van der Waals surface area contributed by atoms with E-state index in [2.05, 4.69) is 34.4 Å². The molecule has 3 aromatic rings. The molecule has 0 spiro atoms. The van der Waals surface area contributed by atoms with Gasteiger partial charge in [-0.05, 0) is 18.1 Å². The number of aryl methyl sites for hydroxylation is 1. The number of aromatic nitrogens is 4. The lowest BCUT2D eigenvalue weighted by atomic mass is 9.87. The van der Waals surface area contributed by atoms with Crippen molar-refractivity contribution in [3.8, 4) is 0 Å². The highest BCUT2D eigenvalue weighted by atomic mass is 32.2. The van der Waals surface area contributed by atoms with E-state index in [1.54, 1.807) is 19.1 Å². The molecule has 2 amide bonds. The molecule has 0 bridgehead atoms. The summed E-state index contributed by atoms with van der Waals surface area (Å²) < 4.78 is 62.2. The molecule has 1 aromatic carbocycles. The van der Waals surface area contributed by atoms with Crippen molar-refractivity contribution >= 4 is 75.1 Å². The largest absolute Gasteiger partial charge is 0.481 e. The number of phosphoric acid groups is 3. The molecule has 0 aliphatic carbocycles. The van der Waals surface area contributed by atoms with Gasteiger partial charge in [0.15, 0.2) is 17.7 Å². The Morgan fingerprint density at radius 2 is 1.72 bits per heavy atom. The van der Waals surface area contributed by atoms with Gasteiger partial charge in [-0.2, -0.15) is 4.31 Å². The lowest BCUT2D eigenvalue weighted by molar-refractivity contribution is -0.137. The predicted molar refractivity (Wildman–Crippen MR) is 209 cm³/mol. The number of ether oxygens (including phenoxy) is 1. The van der Waals surface area contributed by atoms with Gasteiger partial charge in [0.05, 0.1) is 25.1 Å². The topological polar surface area (TPSA) is 401 Å². The Morgan fingerprint density at radius 1 is 1.03 bits per heavy atom. The van der Waals surface area contributed by atoms with Crippen LogP contribution in [0.1, 0.15) is 59.7 Å². The van der Waals surface area contributed by atoms with E-state index >= 15 is 0 Å². The zero-order chi connectivity index (χ0) is 45.5. The average Bonchev–Trinajstić information content (AvgIpc) is 3.73. The van der Waals surface area contributed by atoms with Gasteiger partial charge < -0.3 is 56.0 Å². The molecule has 3 heterocycles. The molecule has 0 radical (unpaired) electrons. The number of nitrogen functional groups attached to an aromatic ring is 1. The number of fused-ring (bicyclic) bond motifs is 1. The number of phosphoric ester groups is 3. The molecule has 1 aliphatic rings. The summed E-state index contributed by atoms with van der Waals surface area (Å²) in [4.78, 5) is 100. The number of aliphatic hydroxyl groups is 2. The van der Waals surface area contributed by atoms with Gasteiger partial charge in [0.1, 0.15) is 36.3 Å². The molecule has 1 aliphatic heterocycles. The smallest absolute Gasteiger partial charge is 0.478 e. The van der Waals surface area contributed by atoms with E-state index in [0.717, 1.165) is 29.0 Å². The first-order valence-corrected chi connectivity index (χ1v) is 23.3. The molecule has 338 valence electrons. The molecule has 3 unspecified atom stereocenters. The van der Waals surface area contributed by atoms with Gasteiger partial charge in [-0.15, -0.1) is 0 Å². The number of nitrogens with two attached hydrogens (primary N) is 1. The van der Waals surface area contributed by atoms with Crippen molar-refractivity contribution in [3.05, 3.63) is 47.5 Å². The van der Waals surface area contributed by atoms with E-state index in [1.807, 2.05) is 0 Å². The van der Waals surface area contributed by atoms with Gasteiger partial charge in [-0.3, -0.25) is 32.5 Å². The molecule has 1 fully saturated rings. The molecule has 1 saturated heterocycles. The Kier molecular flexibility index (Phi) is 16.9. The van der Waals surface area contributed by atoms with Crippen LogP contribution in [0, 0.1) is 5.41 Å². The zero-order valence-electron chi connectivity index (χ0n) is 32.4. The SMILES string of the molecule is CCc1cccc(C(=O)SCCNC(=O)CCNC(=O)C(O)C(C)(C)COP(=O)(O)OP(=O)(O)OC[C@H]2O[C@@H](n3cnc4c(N)ncnc43)[C@H](O)[C@@H]2OP(=O)(O)O)c1C(=O)O. The Balaban J connectivity index is 1.22. The van der Waals surface area contributed by atoms with Crippen LogP contribution in [0.5, 0.6) is 0 Å².